The largest absolute Gasteiger partial charge is 0.497 e. The van der Waals surface area contributed by atoms with E-state index in [4.69, 9.17) is 19.2 Å². The van der Waals surface area contributed by atoms with Crippen LogP contribution in [-0.4, -0.2) is 104 Å². The number of rotatable bonds is 5. The molecule has 0 radical (unpaired) electrons. The van der Waals surface area contributed by atoms with Crippen molar-refractivity contribution in [2.45, 2.75) is 164 Å². The number of alkyl carbamates (subject to hydrolysis) is 1. The van der Waals surface area contributed by atoms with Crippen LogP contribution in [0.1, 0.15) is 123 Å². The fourth-order valence-corrected chi connectivity index (χ4v) is 10.7. The molecule has 4 fully saturated rings. The first-order valence-corrected chi connectivity index (χ1v) is 23.7. The van der Waals surface area contributed by atoms with E-state index in [1.54, 1.807) is 20.1 Å². The summed E-state index contributed by atoms with van der Waals surface area (Å²) in [5.41, 5.74) is -0.998. The van der Waals surface area contributed by atoms with Crippen molar-refractivity contribution in [2.75, 3.05) is 20.2 Å². The van der Waals surface area contributed by atoms with E-state index in [2.05, 4.69) is 20.7 Å². The molecule has 0 spiro atoms. The number of carbonyl (C=O) groups excluding carboxylic acids is 4. The molecule has 4 N–H and O–H groups in total. The van der Waals surface area contributed by atoms with Gasteiger partial charge in [0.2, 0.25) is 27.7 Å². The first-order chi connectivity index (χ1) is 28.8. The first-order valence-electron chi connectivity index (χ1n) is 22.3. The van der Waals surface area contributed by atoms with Gasteiger partial charge in [-0.1, -0.05) is 62.8 Å². The summed E-state index contributed by atoms with van der Waals surface area (Å²) < 4.78 is 46.1. The number of ether oxygens (including phenoxy) is 3. The van der Waals surface area contributed by atoms with Crippen LogP contribution in [0.3, 0.4) is 0 Å². The topological polar surface area (TPSA) is 194 Å². The molecule has 0 aromatic carbocycles. The van der Waals surface area contributed by atoms with E-state index < -0.39 is 68.2 Å². The van der Waals surface area contributed by atoms with Gasteiger partial charge >= 0.3 is 6.09 Å². The Morgan fingerprint density at radius 1 is 0.967 bits per heavy atom. The predicted octanol–water partition coefficient (Wildman–Crippen LogP) is 4.95. The summed E-state index contributed by atoms with van der Waals surface area (Å²) in [5.74, 6) is -1.17. The second kappa shape index (κ2) is 18.8. The summed E-state index contributed by atoms with van der Waals surface area (Å²) in [7, 11) is -2.44. The number of hydrogen-bond acceptors (Lipinski definition) is 11. The molecule has 7 rings (SSSR count). The molecule has 2 saturated carbocycles. The summed E-state index contributed by atoms with van der Waals surface area (Å²) in [6.45, 7) is 4.00. The molecular weight excluding hydrogens is 789 g/mol. The van der Waals surface area contributed by atoms with Crippen LogP contribution in [0.5, 0.6) is 0 Å². The van der Waals surface area contributed by atoms with Crippen molar-refractivity contribution in [1.29, 1.82) is 0 Å². The Morgan fingerprint density at radius 3 is 2.42 bits per heavy atom. The van der Waals surface area contributed by atoms with E-state index in [1.165, 1.54) is 11.0 Å². The Hall–Kier alpha value is -4.18. The van der Waals surface area contributed by atoms with Crippen molar-refractivity contribution in [1.82, 2.24) is 25.6 Å². The number of aliphatic imine (C=N–C) groups is 1. The van der Waals surface area contributed by atoms with E-state index in [-0.39, 0.29) is 31.0 Å². The molecule has 3 bridgehead atoms. The molecule has 4 aliphatic heterocycles. The van der Waals surface area contributed by atoms with Gasteiger partial charge in [-0.15, -0.1) is 0 Å². The van der Waals surface area contributed by atoms with Gasteiger partial charge in [-0.3, -0.25) is 19.1 Å². The van der Waals surface area contributed by atoms with E-state index >= 15 is 0 Å². The van der Waals surface area contributed by atoms with Crippen LogP contribution < -0.4 is 20.7 Å². The number of nitrogens with zero attached hydrogens (tertiary/aromatic N) is 2. The van der Waals surface area contributed by atoms with Gasteiger partial charge < -0.3 is 35.1 Å². The zero-order valence-corrected chi connectivity index (χ0v) is 36.2. The Labute approximate surface area is 354 Å². The minimum atomic E-state index is -4.04. The van der Waals surface area contributed by atoms with E-state index in [0.29, 0.717) is 56.0 Å². The van der Waals surface area contributed by atoms with Crippen molar-refractivity contribution in [3.05, 3.63) is 47.9 Å². The number of nitrogens with one attached hydrogen (secondary N) is 4. The maximum absolute atomic E-state index is 14.8. The predicted molar refractivity (Wildman–Crippen MR) is 226 cm³/mol. The molecule has 16 heteroatoms. The molecule has 4 amide bonds. The highest BCUT2D eigenvalue weighted by atomic mass is 32.2. The van der Waals surface area contributed by atoms with Crippen LogP contribution in [0.4, 0.5) is 4.79 Å². The minimum absolute atomic E-state index is 0.0168. The molecule has 60 heavy (non-hydrogen) atoms. The van der Waals surface area contributed by atoms with Crippen LogP contribution in [-0.2, 0) is 38.6 Å². The second-order valence-corrected chi connectivity index (χ2v) is 20.1. The highest BCUT2D eigenvalue weighted by molar-refractivity contribution is 7.91. The van der Waals surface area contributed by atoms with Gasteiger partial charge in [0.05, 0.1) is 30.1 Å². The highest BCUT2D eigenvalue weighted by Gasteiger charge is 2.56. The summed E-state index contributed by atoms with van der Waals surface area (Å²) in [6.07, 6.45) is 22.0. The van der Waals surface area contributed by atoms with Gasteiger partial charge in [-0.05, 0) is 90.0 Å². The maximum Gasteiger partial charge on any atom is 0.408 e. The number of allylic oxidation sites excluding steroid dienone is 3. The van der Waals surface area contributed by atoms with E-state index in [1.807, 2.05) is 31.2 Å². The number of methoxy groups -OCH3 is 1. The van der Waals surface area contributed by atoms with Crippen LogP contribution in [0.15, 0.2) is 52.9 Å². The number of hydrogen-bond donors (Lipinski definition) is 4. The Balaban J connectivity index is 1.23. The first kappa shape index (κ1) is 43.9. The van der Waals surface area contributed by atoms with Crippen molar-refractivity contribution in [2.24, 2.45) is 16.8 Å². The normalized spacial score (nSPS) is 34.9. The molecule has 0 aromatic heterocycles. The Morgan fingerprint density at radius 2 is 1.70 bits per heavy atom. The van der Waals surface area contributed by atoms with E-state index in [9.17, 15) is 27.6 Å². The molecule has 8 unspecified atom stereocenters. The third kappa shape index (κ3) is 9.79. The van der Waals surface area contributed by atoms with Gasteiger partial charge in [0.15, 0.2) is 0 Å². The molecule has 3 aliphatic carbocycles. The lowest BCUT2D eigenvalue weighted by atomic mass is 9.73. The van der Waals surface area contributed by atoms with Gasteiger partial charge in [0.1, 0.15) is 35.6 Å². The van der Waals surface area contributed by atoms with Crippen LogP contribution in [0.25, 0.3) is 0 Å². The monoisotopic (exact) mass is 852 g/mol. The average molecular weight is 853 g/mol. The molecule has 15 nitrogen and oxygen atoms in total. The lowest BCUT2D eigenvalue weighted by Crippen LogP contribution is -2.67. The Bertz CT molecular complexity index is 1910. The molecule has 7 aliphatic rings. The zero-order valence-electron chi connectivity index (χ0n) is 35.4. The zero-order chi connectivity index (χ0) is 42.5. The second-order valence-electron chi connectivity index (χ2n) is 17.9. The number of sulfonamides is 1. The minimum Gasteiger partial charge on any atom is -0.497 e. The average Bonchev–Trinajstić information content (AvgIpc) is 3.62. The quantitative estimate of drug-likeness (QED) is 0.217. The van der Waals surface area contributed by atoms with Gasteiger partial charge in [-0.25, -0.2) is 18.2 Å². The van der Waals surface area contributed by atoms with Crippen molar-refractivity contribution < 1.29 is 41.8 Å². The highest BCUT2D eigenvalue weighted by Crippen LogP contribution is 2.43. The van der Waals surface area contributed by atoms with Crippen LogP contribution >= 0.6 is 0 Å². The molecular formula is C44H64N6O9S. The summed E-state index contributed by atoms with van der Waals surface area (Å²) >= 11 is 0. The summed E-state index contributed by atoms with van der Waals surface area (Å²) in [6, 6.07) is -2.29. The molecule has 2 saturated heterocycles. The van der Waals surface area contributed by atoms with Crippen molar-refractivity contribution >= 4 is 39.7 Å². The van der Waals surface area contributed by atoms with Crippen molar-refractivity contribution in [3.8, 4) is 0 Å². The Kier molecular flexibility index (Phi) is 13.8. The molecule has 4 heterocycles. The third-order valence-corrected chi connectivity index (χ3v) is 15.8. The molecule has 8 atom stereocenters. The van der Waals surface area contributed by atoms with Gasteiger partial charge in [-0.2, -0.15) is 0 Å². The van der Waals surface area contributed by atoms with Gasteiger partial charge in [0, 0.05) is 25.0 Å². The fraction of sp³-hybridized carbons (Fsp3) is 0.705. The standard InChI is InChI=1S/C44H64N6O9S/c1-4-32(57-3)25-31-27-45-34-18-12-9-8-10-15-29-16-14-20-37(29)59-42(54)47-35-19-13-7-5-6-11-17-30-21-22-44(30,41(53)49-60(55,56)43(2)23-24-43)48-38(51)36-26-33(58-39(34)46-31)28-50(36)40(35)52/h4,11,17,21-22,25,29-30,33-37,45H,5-10,12-16,18-20,23-24,26-28H2,1-3H3,(H,47,54)(H,48,51)(H,49,53). The lowest BCUT2D eigenvalue weighted by Gasteiger charge is -2.42. The smallest absolute Gasteiger partial charge is 0.408 e. The summed E-state index contributed by atoms with van der Waals surface area (Å²) in [5, 5.41) is 9.43. The number of carbonyl (C=O) groups is 4. The lowest BCUT2D eigenvalue weighted by molar-refractivity contribution is -0.142. The summed E-state index contributed by atoms with van der Waals surface area (Å²) in [4.78, 5) is 63.8. The third-order valence-electron chi connectivity index (χ3n) is 13.6. The fourth-order valence-electron chi connectivity index (χ4n) is 9.45. The van der Waals surface area contributed by atoms with Crippen LogP contribution in [0, 0.1) is 11.8 Å². The van der Waals surface area contributed by atoms with Crippen LogP contribution in [0.2, 0.25) is 0 Å². The van der Waals surface area contributed by atoms with E-state index in [0.717, 1.165) is 70.6 Å². The van der Waals surface area contributed by atoms with Crippen molar-refractivity contribution in [3.63, 3.8) is 0 Å². The molecule has 330 valence electrons. The molecule has 0 aromatic rings. The number of amides is 4. The maximum atomic E-state index is 14.8. The number of fused-ring (bicyclic) bond motifs is 5. The van der Waals surface area contributed by atoms with Gasteiger partial charge in [0.25, 0.3) is 5.91 Å². The SMILES string of the molecule is CC=C(C=C1CNC2CCCCCCC3CCCC3OC(=O)NC3CCCCCC=CC4C=CC4(C(=O)NS(=O)(=O)C4(C)CC4)NC(=O)C4CC(CN4C3=O)OC2=N1)OC.